The first-order chi connectivity index (χ1) is 17.4. The number of aliphatic hydroxyl groups excluding tert-OH is 1. The Morgan fingerprint density at radius 1 is 1.27 bits per heavy atom. The van der Waals surface area contributed by atoms with Crippen molar-refractivity contribution in [3.63, 3.8) is 0 Å². The summed E-state index contributed by atoms with van der Waals surface area (Å²) < 4.78 is 80.1. The molecule has 0 saturated heterocycles. The molecule has 3 rings (SSSR count). The molecule has 12 heteroatoms. The average Bonchev–Trinajstić information content (AvgIpc) is 2.86. The van der Waals surface area contributed by atoms with Crippen molar-refractivity contribution in [2.24, 2.45) is 5.92 Å². The van der Waals surface area contributed by atoms with E-state index in [1.54, 1.807) is 19.9 Å². The van der Waals surface area contributed by atoms with Crippen LogP contribution in [-0.2, 0) is 24.8 Å². The highest BCUT2D eigenvalue weighted by atomic mass is 32.2. The van der Waals surface area contributed by atoms with Crippen LogP contribution in [0.2, 0.25) is 0 Å². The topological polar surface area (TPSA) is 113 Å². The van der Waals surface area contributed by atoms with Gasteiger partial charge in [0.05, 0.1) is 18.0 Å². The van der Waals surface area contributed by atoms with Crippen molar-refractivity contribution < 1.29 is 35.8 Å². The van der Waals surface area contributed by atoms with Crippen LogP contribution in [0.1, 0.15) is 19.4 Å². The average molecular weight is 555 g/mol. The Bertz CT molecular complexity index is 1370. The minimum atomic E-state index is -4.05. The van der Waals surface area contributed by atoms with Gasteiger partial charge in [-0.1, -0.05) is 18.8 Å². The van der Waals surface area contributed by atoms with Gasteiger partial charge in [-0.2, -0.15) is 8.61 Å². The van der Waals surface area contributed by atoms with Crippen molar-refractivity contribution in [2.45, 2.75) is 35.8 Å². The standard InChI is InChI=1S/C25H31FN2O7S2/c1-18-15-28(19(2)17-29)37(32,33)25-12-7-20(6-5-13-34-4)14-23(25)35-24(18)16-27(3)36(30,31)22-10-8-21(26)9-11-22/h7-12,14,18-19,24,29H,13,15-17H2,1-4H3/t18-,19-,24-/m1/s1. The summed E-state index contributed by atoms with van der Waals surface area (Å²) in [6, 6.07) is 8.22. The number of ether oxygens (including phenoxy) is 2. The summed E-state index contributed by atoms with van der Waals surface area (Å²) >= 11 is 0. The molecule has 1 aliphatic heterocycles. The lowest BCUT2D eigenvalue weighted by molar-refractivity contribution is 0.0904. The predicted molar refractivity (Wildman–Crippen MR) is 135 cm³/mol. The summed E-state index contributed by atoms with van der Waals surface area (Å²) in [6.07, 6.45) is -0.759. The second-order valence-corrected chi connectivity index (χ2v) is 12.8. The van der Waals surface area contributed by atoms with Crippen LogP contribution in [0.3, 0.4) is 0 Å². The predicted octanol–water partition coefficient (Wildman–Crippen LogP) is 1.91. The third kappa shape index (κ3) is 6.49. The normalized spacial score (nSPS) is 20.6. The maximum Gasteiger partial charge on any atom is 0.247 e. The third-order valence-electron chi connectivity index (χ3n) is 6.08. The number of hydrogen-bond acceptors (Lipinski definition) is 7. The quantitative estimate of drug-likeness (QED) is 0.520. The van der Waals surface area contributed by atoms with Crippen molar-refractivity contribution >= 4 is 20.0 Å². The monoisotopic (exact) mass is 554 g/mol. The second-order valence-electron chi connectivity index (χ2n) is 8.88. The highest BCUT2D eigenvalue weighted by Crippen LogP contribution is 2.34. The SMILES string of the molecule is COCC#Cc1ccc2c(c1)O[C@H](CN(C)S(=O)(=O)c1ccc(F)cc1)[C@H](C)CN([C@H](C)CO)S2(=O)=O. The molecule has 0 unspecified atom stereocenters. The molecule has 3 atom stereocenters. The zero-order valence-electron chi connectivity index (χ0n) is 21.1. The molecule has 1 N–H and O–H groups in total. The van der Waals surface area contributed by atoms with E-state index >= 15 is 0 Å². The molecule has 202 valence electrons. The molecule has 1 aliphatic rings. The van der Waals surface area contributed by atoms with Crippen LogP contribution >= 0.6 is 0 Å². The fourth-order valence-corrected chi connectivity index (χ4v) is 6.88. The smallest absolute Gasteiger partial charge is 0.247 e. The number of aliphatic hydroxyl groups is 1. The van der Waals surface area contributed by atoms with E-state index in [0.29, 0.717) is 5.56 Å². The zero-order valence-corrected chi connectivity index (χ0v) is 22.7. The summed E-state index contributed by atoms with van der Waals surface area (Å²) in [5.74, 6) is 4.69. The number of hydrogen-bond donors (Lipinski definition) is 1. The van der Waals surface area contributed by atoms with Crippen molar-refractivity contribution in [3.8, 4) is 17.6 Å². The summed E-state index contributed by atoms with van der Waals surface area (Å²) in [7, 11) is -5.14. The van der Waals surface area contributed by atoms with Gasteiger partial charge in [0.1, 0.15) is 29.2 Å². The third-order valence-corrected chi connectivity index (χ3v) is 9.93. The summed E-state index contributed by atoms with van der Waals surface area (Å²) in [4.78, 5) is -0.185. The van der Waals surface area contributed by atoms with Gasteiger partial charge in [0, 0.05) is 38.2 Å². The van der Waals surface area contributed by atoms with Crippen LogP contribution in [0.4, 0.5) is 4.39 Å². The number of sulfonamides is 2. The molecular weight excluding hydrogens is 523 g/mol. The molecule has 0 aliphatic carbocycles. The summed E-state index contributed by atoms with van der Waals surface area (Å²) in [6.45, 7) is 3.02. The van der Waals surface area contributed by atoms with Gasteiger partial charge in [-0.25, -0.2) is 21.2 Å². The molecule has 0 spiro atoms. The Hall–Kier alpha value is -2.53. The molecule has 0 fully saturated rings. The van der Waals surface area contributed by atoms with Crippen molar-refractivity contribution in [1.29, 1.82) is 0 Å². The molecule has 0 amide bonds. The number of benzene rings is 2. The fourth-order valence-electron chi connectivity index (χ4n) is 3.87. The Morgan fingerprint density at radius 2 is 1.95 bits per heavy atom. The molecule has 2 aromatic carbocycles. The van der Waals surface area contributed by atoms with Crippen LogP contribution in [0.5, 0.6) is 5.75 Å². The van der Waals surface area contributed by atoms with Crippen LogP contribution in [0, 0.1) is 23.6 Å². The molecule has 0 aromatic heterocycles. The highest BCUT2D eigenvalue weighted by Gasteiger charge is 2.39. The molecule has 0 saturated carbocycles. The molecule has 1 heterocycles. The summed E-state index contributed by atoms with van der Waals surface area (Å²) in [5.41, 5.74) is 0.493. The number of halogens is 1. The first kappa shape index (κ1) is 29.0. The summed E-state index contributed by atoms with van der Waals surface area (Å²) in [5, 5.41) is 9.76. The van der Waals surface area contributed by atoms with Crippen molar-refractivity contribution in [3.05, 3.63) is 53.8 Å². The van der Waals surface area contributed by atoms with E-state index in [0.717, 1.165) is 16.4 Å². The van der Waals surface area contributed by atoms with Crippen molar-refractivity contribution in [1.82, 2.24) is 8.61 Å². The molecule has 0 radical (unpaired) electrons. The lowest BCUT2D eigenvalue weighted by atomic mass is 10.0. The molecule has 37 heavy (non-hydrogen) atoms. The number of rotatable bonds is 7. The highest BCUT2D eigenvalue weighted by molar-refractivity contribution is 7.89. The molecular formula is C25H31FN2O7S2. The van der Waals surface area contributed by atoms with Gasteiger partial charge < -0.3 is 14.6 Å². The fraction of sp³-hybridized carbons (Fsp3) is 0.440. The van der Waals surface area contributed by atoms with E-state index in [-0.39, 0.29) is 35.2 Å². The largest absolute Gasteiger partial charge is 0.487 e. The Morgan fingerprint density at radius 3 is 2.57 bits per heavy atom. The first-order valence-corrected chi connectivity index (χ1v) is 14.4. The minimum Gasteiger partial charge on any atom is -0.487 e. The van der Waals surface area contributed by atoms with Crippen LogP contribution in [0.25, 0.3) is 0 Å². The number of fused-ring (bicyclic) bond motifs is 1. The van der Waals surface area contributed by atoms with Gasteiger partial charge >= 0.3 is 0 Å². The maximum atomic E-state index is 13.5. The number of likely N-dealkylation sites (N-methyl/N-ethyl adjacent to an activating group) is 1. The lowest BCUT2D eigenvalue weighted by Crippen LogP contribution is -2.50. The second kappa shape index (κ2) is 11.9. The first-order valence-electron chi connectivity index (χ1n) is 11.5. The van der Waals surface area contributed by atoms with Gasteiger partial charge in [0.2, 0.25) is 20.0 Å². The van der Waals surface area contributed by atoms with Crippen LogP contribution < -0.4 is 4.74 Å². The van der Waals surface area contributed by atoms with E-state index in [1.165, 1.54) is 42.7 Å². The van der Waals surface area contributed by atoms with Gasteiger partial charge in [-0.3, -0.25) is 0 Å². The van der Waals surface area contributed by atoms with Crippen LogP contribution in [0.15, 0.2) is 52.3 Å². The van der Waals surface area contributed by atoms with Gasteiger partial charge in [-0.15, -0.1) is 0 Å². The molecule has 9 nitrogen and oxygen atoms in total. The van der Waals surface area contributed by atoms with E-state index in [2.05, 4.69) is 11.8 Å². The van der Waals surface area contributed by atoms with E-state index in [4.69, 9.17) is 9.47 Å². The maximum absolute atomic E-state index is 13.5. The zero-order chi connectivity index (χ0) is 27.4. The van der Waals surface area contributed by atoms with Gasteiger partial charge in [-0.05, 0) is 49.4 Å². The van der Waals surface area contributed by atoms with Crippen LogP contribution in [-0.4, -0.2) is 83.2 Å². The Balaban J connectivity index is 2.04. The number of methoxy groups -OCH3 is 1. The lowest BCUT2D eigenvalue weighted by Gasteiger charge is -2.37. The van der Waals surface area contributed by atoms with Gasteiger partial charge in [0.25, 0.3) is 0 Å². The van der Waals surface area contributed by atoms with E-state index in [1.807, 2.05) is 0 Å². The minimum absolute atomic E-state index is 0.00595. The van der Waals surface area contributed by atoms with Crippen molar-refractivity contribution in [2.75, 3.05) is 40.5 Å². The van der Waals surface area contributed by atoms with Gasteiger partial charge in [0.15, 0.2) is 0 Å². The molecule has 2 aromatic rings. The van der Waals surface area contributed by atoms with E-state index in [9.17, 15) is 26.3 Å². The molecule has 0 bridgehead atoms. The Labute approximate surface area is 217 Å². The Kier molecular flexibility index (Phi) is 9.33. The number of nitrogens with zero attached hydrogens (tertiary/aromatic N) is 2. The van der Waals surface area contributed by atoms with E-state index < -0.39 is 50.5 Å².